The van der Waals surface area contributed by atoms with Gasteiger partial charge in [-0.2, -0.15) is 0 Å². The number of ether oxygens (including phenoxy) is 1. The average Bonchev–Trinajstić information content (AvgIpc) is 2.57. The third-order valence-corrected chi connectivity index (χ3v) is 5.59. The van der Waals surface area contributed by atoms with E-state index in [0.29, 0.717) is 5.56 Å². The molecule has 2 aliphatic carbocycles. The van der Waals surface area contributed by atoms with Gasteiger partial charge < -0.3 is 14.6 Å². The van der Waals surface area contributed by atoms with Crippen molar-refractivity contribution in [1.29, 1.82) is 0 Å². The van der Waals surface area contributed by atoms with Gasteiger partial charge in [0.1, 0.15) is 0 Å². The molecule has 1 spiro atoms. The van der Waals surface area contributed by atoms with E-state index in [4.69, 9.17) is 4.74 Å². The van der Waals surface area contributed by atoms with E-state index in [0.717, 1.165) is 25.9 Å². The minimum absolute atomic E-state index is 0.0921. The lowest BCUT2D eigenvalue weighted by Crippen LogP contribution is -2.65. The van der Waals surface area contributed by atoms with Crippen LogP contribution in [0.3, 0.4) is 0 Å². The Bertz CT molecular complexity index is 631. The lowest BCUT2D eigenvalue weighted by atomic mass is 9.55. The first kappa shape index (κ1) is 16.2. The van der Waals surface area contributed by atoms with Gasteiger partial charge in [0.2, 0.25) is 5.56 Å². The van der Waals surface area contributed by atoms with Gasteiger partial charge in [-0.25, -0.2) is 0 Å². The maximum atomic E-state index is 12.5. The summed E-state index contributed by atoms with van der Waals surface area (Å²) in [4.78, 5) is 24.0. The molecule has 0 aliphatic heterocycles. The van der Waals surface area contributed by atoms with Gasteiger partial charge in [0.05, 0.1) is 11.7 Å². The molecule has 1 aromatic rings. The van der Waals surface area contributed by atoms with E-state index in [1.807, 2.05) is 6.92 Å². The Morgan fingerprint density at radius 2 is 2.09 bits per heavy atom. The second-order valence-corrected chi connectivity index (χ2v) is 6.87. The summed E-state index contributed by atoms with van der Waals surface area (Å²) < 4.78 is 7.37. The van der Waals surface area contributed by atoms with Crippen molar-refractivity contribution >= 4 is 5.91 Å². The fourth-order valence-corrected chi connectivity index (χ4v) is 4.24. The van der Waals surface area contributed by atoms with Crippen LogP contribution < -0.4 is 10.9 Å². The van der Waals surface area contributed by atoms with Crippen molar-refractivity contribution in [3.05, 3.63) is 34.2 Å². The normalized spacial score (nSPS) is 25.8. The zero-order valence-corrected chi connectivity index (χ0v) is 14.0. The second-order valence-electron chi connectivity index (χ2n) is 6.87. The quantitative estimate of drug-likeness (QED) is 0.926. The fraction of sp³-hybridized carbons (Fsp3) is 0.667. The summed E-state index contributed by atoms with van der Waals surface area (Å²) in [5, 5.41) is 3.19. The minimum Gasteiger partial charge on any atom is -0.378 e. The number of aryl methyl sites for hydroxylation is 1. The molecule has 0 radical (unpaired) electrons. The molecular weight excluding hydrogens is 292 g/mol. The van der Waals surface area contributed by atoms with Gasteiger partial charge in [-0.15, -0.1) is 0 Å². The summed E-state index contributed by atoms with van der Waals surface area (Å²) in [6.45, 7) is 2.76. The second kappa shape index (κ2) is 6.48. The first-order valence-corrected chi connectivity index (χ1v) is 8.66. The molecular formula is C18H26N2O3. The number of nitrogens with one attached hydrogen (secondary N) is 1. The van der Waals surface area contributed by atoms with Crippen molar-refractivity contribution < 1.29 is 9.53 Å². The summed E-state index contributed by atoms with van der Waals surface area (Å²) >= 11 is 0. The van der Waals surface area contributed by atoms with Gasteiger partial charge in [0, 0.05) is 37.4 Å². The van der Waals surface area contributed by atoms with Crippen LogP contribution in [0.2, 0.25) is 0 Å². The molecule has 0 unspecified atom stereocenters. The van der Waals surface area contributed by atoms with Gasteiger partial charge in [-0.3, -0.25) is 9.59 Å². The lowest BCUT2D eigenvalue weighted by Gasteiger charge is -2.57. The van der Waals surface area contributed by atoms with Gasteiger partial charge in [0.25, 0.3) is 5.91 Å². The molecule has 2 atom stereocenters. The van der Waals surface area contributed by atoms with Crippen molar-refractivity contribution in [2.45, 2.75) is 57.6 Å². The average molecular weight is 318 g/mol. The van der Waals surface area contributed by atoms with Crippen LogP contribution in [0.1, 0.15) is 55.8 Å². The Morgan fingerprint density at radius 1 is 1.35 bits per heavy atom. The molecule has 0 bridgehead atoms. The molecule has 3 rings (SSSR count). The van der Waals surface area contributed by atoms with E-state index in [2.05, 4.69) is 5.32 Å². The molecule has 1 N–H and O–H groups in total. The van der Waals surface area contributed by atoms with Crippen LogP contribution in [-0.4, -0.2) is 29.2 Å². The summed E-state index contributed by atoms with van der Waals surface area (Å²) in [5.74, 6) is -0.0921. The van der Waals surface area contributed by atoms with Crippen molar-refractivity contribution in [3.8, 4) is 0 Å². The molecule has 2 saturated carbocycles. The van der Waals surface area contributed by atoms with Crippen molar-refractivity contribution in [2.24, 2.45) is 12.5 Å². The third-order valence-electron chi connectivity index (χ3n) is 5.59. The molecule has 1 heterocycles. The molecule has 2 fully saturated rings. The van der Waals surface area contributed by atoms with Crippen LogP contribution in [0, 0.1) is 5.41 Å². The lowest BCUT2D eigenvalue weighted by molar-refractivity contribution is -0.146. The first-order valence-electron chi connectivity index (χ1n) is 8.66. The number of aromatic nitrogens is 1. The van der Waals surface area contributed by atoms with Crippen molar-refractivity contribution in [3.63, 3.8) is 0 Å². The van der Waals surface area contributed by atoms with Crippen LogP contribution in [-0.2, 0) is 11.8 Å². The number of amides is 1. The topological polar surface area (TPSA) is 60.3 Å². The standard InChI is InChI=1S/C18H26N2O3/c1-3-23-15-11-14(18(15)9-5-4-6-10-18)19-17(22)13-7-8-16(21)20(2)12-13/h7-8,12,14-15H,3-6,9-11H2,1-2H3,(H,19,22)/t14-,15+/m1/s1. The summed E-state index contributed by atoms with van der Waals surface area (Å²) in [5.41, 5.74) is 0.549. The molecule has 23 heavy (non-hydrogen) atoms. The smallest absolute Gasteiger partial charge is 0.253 e. The molecule has 1 aromatic heterocycles. The SMILES string of the molecule is CCO[C@H]1C[C@@H](NC(=O)c2ccc(=O)n(C)c2)C12CCCCC2. The minimum atomic E-state index is -0.106. The Kier molecular flexibility index (Phi) is 4.57. The Balaban J connectivity index is 1.72. The van der Waals surface area contributed by atoms with Gasteiger partial charge in [-0.1, -0.05) is 19.3 Å². The maximum absolute atomic E-state index is 12.5. The van der Waals surface area contributed by atoms with Crippen molar-refractivity contribution in [1.82, 2.24) is 9.88 Å². The van der Waals surface area contributed by atoms with E-state index in [1.54, 1.807) is 19.3 Å². The van der Waals surface area contributed by atoms with Crippen LogP contribution >= 0.6 is 0 Å². The highest BCUT2D eigenvalue weighted by atomic mass is 16.5. The molecule has 5 heteroatoms. The van der Waals surface area contributed by atoms with E-state index in [-0.39, 0.29) is 29.0 Å². The molecule has 126 valence electrons. The number of hydrogen-bond acceptors (Lipinski definition) is 3. The number of pyridine rings is 1. The van der Waals surface area contributed by atoms with Gasteiger partial charge in [0.15, 0.2) is 0 Å². The number of carbonyl (C=O) groups excluding carboxylic acids is 1. The molecule has 5 nitrogen and oxygen atoms in total. The van der Waals surface area contributed by atoms with Gasteiger partial charge >= 0.3 is 0 Å². The number of hydrogen-bond donors (Lipinski definition) is 1. The molecule has 2 aliphatic rings. The van der Waals surface area contributed by atoms with Gasteiger partial charge in [-0.05, 0) is 32.3 Å². The highest BCUT2D eigenvalue weighted by Crippen LogP contribution is 2.53. The van der Waals surface area contributed by atoms with E-state index >= 15 is 0 Å². The third kappa shape index (κ3) is 2.94. The molecule has 1 amide bonds. The highest BCUT2D eigenvalue weighted by molar-refractivity contribution is 5.94. The predicted octanol–water partition coefficient (Wildman–Crippen LogP) is 2.24. The Hall–Kier alpha value is -1.62. The van der Waals surface area contributed by atoms with Crippen LogP contribution in [0.15, 0.2) is 23.1 Å². The van der Waals surface area contributed by atoms with Crippen LogP contribution in [0.5, 0.6) is 0 Å². The van der Waals surface area contributed by atoms with E-state index in [9.17, 15) is 9.59 Å². The number of carbonyl (C=O) groups is 1. The summed E-state index contributed by atoms with van der Waals surface area (Å²) in [6, 6.07) is 3.22. The number of rotatable bonds is 4. The molecule has 0 aromatic carbocycles. The summed E-state index contributed by atoms with van der Waals surface area (Å²) in [7, 11) is 1.66. The Labute approximate surface area is 137 Å². The fourth-order valence-electron chi connectivity index (χ4n) is 4.24. The highest BCUT2D eigenvalue weighted by Gasteiger charge is 2.56. The Morgan fingerprint density at radius 3 is 2.74 bits per heavy atom. The van der Waals surface area contributed by atoms with E-state index in [1.165, 1.54) is 29.9 Å². The predicted molar refractivity (Wildman–Crippen MR) is 88.5 cm³/mol. The zero-order chi connectivity index (χ0) is 16.4. The zero-order valence-electron chi connectivity index (χ0n) is 14.0. The summed E-state index contributed by atoms with van der Waals surface area (Å²) in [6.07, 6.45) is 8.76. The number of nitrogens with zero attached hydrogens (tertiary/aromatic N) is 1. The first-order chi connectivity index (χ1) is 11.1. The van der Waals surface area contributed by atoms with Crippen LogP contribution in [0.4, 0.5) is 0 Å². The molecule has 0 saturated heterocycles. The van der Waals surface area contributed by atoms with Crippen molar-refractivity contribution in [2.75, 3.05) is 6.61 Å². The monoisotopic (exact) mass is 318 g/mol. The maximum Gasteiger partial charge on any atom is 0.253 e. The van der Waals surface area contributed by atoms with E-state index < -0.39 is 0 Å². The largest absolute Gasteiger partial charge is 0.378 e. The van der Waals surface area contributed by atoms with Crippen LogP contribution in [0.25, 0.3) is 0 Å².